The number of nitrogens with zero attached hydrogens (tertiary/aromatic N) is 14. The van der Waals surface area contributed by atoms with Gasteiger partial charge < -0.3 is 13.7 Å². The zero-order valence-corrected chi connectivity index (χ0v) is 83.3. The molecule has 0 aliphatic carbocycles. The summed E-state index contributed by atoms with van der Waals surface area (Å²) < 4.78 is 13.3. The van der Waals surface area contributed by atoms with Gasteiger partial charge in [-0.15, -0.1) is 0 Å². The summed E-state index contributed by atoms with van der Waals surface area (Å²) >= 11 is 15.2. The van der Waals surface area contributed by atoms with E-state index in [1.807, 2.05) is 164 Å². The maximum absolute atomic E-state index is 5.09. The van der Waals surface area contributed by atoms with Crippen LogP contribution >= 0.6 is 63.7 Å². The fraction of sp³-hybridized carbons (Fsp3) is 0. The quantitative estimate of drug-likeness (QED) is 0.103. The maximum Gasteiger partial charge on any atom is 0.235 e. The Kier molecular flexibility index (Phi) is 24.5. The van der Waals surface area contributed by atoms with Crippen molar-refractivity contribution in [1.82, 2.24) is 68.1 Å². The molecule has 10 aromatic heterocycles. The van der Waals surface area contributed by atoms with Gasteiger partial charge >= 0.3 is 0 Å². The molecule has 144 heavy (non-hydrogen) atoms. The molecule has 0 aliphatic heterocycles. The molecule has 0 atom stereocenters. The molecule has 0 saturated heterocycles. The number of aromatic nitrogens is 14. The Morgan fingerprint density at radius 3 is 0.896 bits per heavy atom. The van der Waals surface area contributed by atoms with Crippen LogP contribution in [0.4, 0.5) is 0 Å². The van der Waals surface area contributed by atoms with Crippen molar-refractivity contribution in [3.8, 4) is 136 Å². The Morgan fingerprint density at radius 2 is 0.472 bits per heavy atom. The summed E-state index contributed by atoms with van der Waals surface area (Å²) in [6.07, 6.45) is 3.59. The van der Waals surface area contributed by atoms with Gasteiger partial charge in [-0.25, -0.2) is 39.9 Å². The van der Waals surface area contributed by atoms with Gasteiger partial charge in [0.25, 0.3) is 0 Å². The van der Waals surface area contributed by atoms with Crippen molar-refractivity contribution in [2.24, 2.45) is 0 Å². The first-order valence-corrected chi connectivity index (χ1v) is 50.3. The summed E-state index contributed by atoms with van der Waals surface area (Å²) in [5, 5.41) is 10.7. The number of hydrogen-bond acceptors (Lipinski definition) is 10. The summed E-state index contributed by atoms with van der Waals surface area (Å²) in [6, 6.07) is 162. The summed E-state index contributed by atoms with van der Waals surface area (Å²) in [5.74, 6) is 3.33. The Balaban J connectivity index is 0.000000104. The van der Waals surface area contributed by atoms with Crippen LogP contribution in [0.25, 0.3) is 234 Å². The summed E-state index contributed by atoms with van der Waals surface area (Å²) in [4.78, 5) is 48.8. The highest BCUT2D eigenvalue weighted by molar-refractivity contribution is 9.11. The number of pyridine rings is 3. The summed E-state index contributed by atoms with van der Waals surface area (Å²) in [6.45, 7) is 0. The molecule has 14 nitrogen and oxygen atoms in total. The van der Waals surface area contributed by atoms with Gasteiger partial charge in [-0.05, 0) is 208 Å². The van der Waals surface area contributed by atoms with Gasteiger partial charge in [-0.1, -0.05) is 340 Å². The smallest absolute Gasteiger partial charge is 0.235 e. The van der Waals surface area contributed by atoms with Crippen LogP contribution in [0.3, 0.4) is 0 Å². The molecule has 18 heteroatoms. The Labute approximate surface area is 862 Å². The third kappa shape index (κ3) is 17.4. The van der Waals surface area contributed by atoms with Crippen LogP contribution in [-0.4, -0.2) is 68.1 Å². The van der Waals surface area contributed by atoms with E-state index in [-0.39, 0.29) is 0 Å². The van der Waals surface area contributed by atoms with E-state index < -0.39 is 0 Å². The van der Waals surface area contributed by atoms with Gasteiger partial charge in [0.2, 0.25) is 5.95 Å². The molecule has 0 unspecified atom stereocenters. The van der Waals surface area contributed by atoms with E-state index in [1.165, 1.54) is 54.1 Å². The number of fused-ring (bicyclic) bond motifs is 13. The topological polar surface area (TPSA) is 149 Å². The molecule has 10 heterocycles. The third-order valence-corrected chi connectivity index (χ3v) is 28.4. The van der Waals surface area contributed by atoms with Gasteiger partial charge in [0.05, 0.1) is 89.5 Å². The van der Waals surface area contributed by atoms with E-state index >= 15 is 0 Å². The van der Waals surface area contributed by atoms with Crippen LogP contribution in [0.2, 0.25) is 0 Å². The first-order valence-electron chi connectivity index (χ1n) is 47.2. The molecule has 0 radical (unpaired) electrons. The average Bonchev–Trinajstić information content (AvgIpc) is 1.61. The fourth-order valence-corrected chi connectivity index (χ4v) is 21.5. The van der Waals surface area contributed by atoms with Crippen LogP contribution < -0.4 is 0 Å². The van der Waals surface area contributed by atoms with Crippen molar-refractivity contribution in [1.29, 1.82) is 0 Å². The molecular formula is C126H80Br4N14. The van der Waals surface area contributed by atoms with Gasteiger partial charge in [0, 0.05) is 135 Å². The molecule has 0 spiro atoms. The highest BCUT2D eigenvalue weighted by atomic mass is 79.9. The lowest BCUT2D eigenvalue weighted by molar-refractivity contribution is 1.01. The lowest BCUT2D eigenvalue weighted by Gasteiger charge is -2.13. The largest absolute Gasteiger partial charge is 0.308 e. The minimum Gasteiger partial charge on any atom is -0.308 e. The van der Waals surface area contributed by atoms with Crippen molar-refractivity contribution in [3.05, 3.63) is 503 Å². The molecule has 27 aromatic rings. The third-order valence-electron chi connectivity index (χ3n) is 25.8. The zero-order chi connectivity index (χ0) is 96.5. The van der Waals surface area contributed by atoms with Gasteiger partial charge in [-0.3, -0.25) is 14.5 Å². The van der Waals surface area contributed by atoms with E-state index in [0.29, 0.717) is 29.2 Å². The normalized spacial score (nSPS) is 11.3. The number of para-hydroxylation sites is 9. The van der Waals surface area contributed by atoms with E-state index in [2.05, 4.69) is 401 Å². The molecule has 0 amide bonds. The molecule has 0 N–H and O–H groups in total. The fourth-order valence-electron chi connectivity index (χ4n) is 19.3. The minimum absolute atomic E-state index is 0.638. The number of halogens is 4. The van der Waals surface area contributed by atoms with Crippen LogP contribution in [0.1, 0.15) is 0 Å². The van der Waals surface area contributed by atoms with Gasteiger partial charge in [0.1, 0.15) is 0 Å². The number of hydrogen-bond donors (Lipinski definition) is 0. The molecule has 27 rings (SSSR count). The second-order valence-corrected chi connectivity index (χ2v) is 38.1. The predicted octanol–water partition coefficient (Wildman–Crippen LogP) is 34.0. The number of benzene rings is 17. The Morgan fingerprint density at radius 1 is 0.167 bits per heavy atom. The van der Waals surface area contributed by atoms with Crippen molar-refractivity contribution in [2.75, 3.05) is 0 Å². The molecule has 17 aromatic carbocycles. The monoisotopic (exact) mass is 2100 g/mol. The summed E-state index contributed by atoms with van der Waals surface area (Å²) in [7, 11) is 0. The molecule has 0 bridgehead atoms. The highest BCUT2D eigenvalue weighted by Gasteiger charge is 2.25. The van der Waals surface area contributed by atoms with Crippen molar-refractivity contribution in [3.63, 3.8) is 0 Å². The number of rotatable bonds is 14. The van der Waals surface area contributed by atoms with Gasteiger partial charge in [-0.2, -0.15) is 0 Å². The molecule has 682 valence electrons. The highest BCUT2D eigenvalue weighted by Crippen LogP contribution is 2.45. The van der Waals surface area contributed by atoms with Crippen LogP contribution in [-0.2, 0) is 0 Å². The summed E-state index contributed by atoms with van der Waals surface area (Å²) in [5.41, 5.74) is 28.4. The van der Waals surface area contributed by atoms with Crippen molar-refractivity contribution < 1.29 is 0 Å². The van der Waals surface area contributed by atoms with Crippen LogP contribution in [0.15, 0.2) is 503 Å². The zero-order valence-electron chi connectivity index (χ0n) is 77.0. The predicted molar refractivity (Wildman–Crippen MR) is 604 cm³/mol. The van der Waals surface area contributed by atoms with E-state index in [1.54, 1.807) is 12.4 Å². The van der Waals surface area contributed by atoms with E-state index in [9.17, 15) is 0 Å². The molecular weight excluding hydrogens is 2030 g/mol. The van der Waals surface area contributed by atoms with E-state index in [0.717, 1.165) is 169 Å². The lowest BCUT2D eigenvalue weighted by Crippen LogP contribution is -2.03. The van der Waals surface area contributed by atoms with Crippen LogP contribution in [0.5, 0.6) is 0 Å². The Hall–Kier alpha value is -17.3. The molecule has 0 saturated carbocycles. The molecule has 0 aliphatic rings. The van der Waals surface area contributed by atoms with Crippen molar-refractivity contribution >= 4 is 162 Å². The first kappa shape index (κ1) is 89.4. The maximum atomic E-state index is 5.09. The van der Waals surface area contributed by atoms with E-state index in [4.69, 9.17) is 39.9 Å². The lowest BCUT2D eigenvalue weighted by atomic mass is 10.0. The standard InChI is InChI=1S/C34H22BrN3.2C33H21BrN4.C26H16BrN3/c35-29-19-10-18-28-27-17-7-8-20-32(27)38(33(28)29)26-16-9-15-25(21-26)31-22-30(23-11-3-1-4-12-23)36-34(37-31)24-13-5-2-6-14-24;34-28-19-10-18-27-26-17-7-8-20-29(26)38(30(27)28)25-16-9-15-24(21-25)33-36-31(22-11-3-1-4-12-22)35-32(37-33)23-13-5-2-6-14-23;34-27-13-8-12-26-25-11-1-2-16-32(25)38(33(26)27)24-10-7-9-22(19-24)23-20-30(28-14-3-5-17-35-28)37-31(21-23)29-15-4-6-18-36-29;27-21-14-8-13-19-18-11-5-7-16-23(18)30(25(19)21)26-28-22-15-6-4-12-20(22)24(29-26)17-9-2-1-3-10-17/h1-22H;2*1-21H;1-16H. The van der Waals surface area contributed by atoms with Crippen LogP contribution in [0, 0.1) is 0 Å². The van der Waals surface area contributed by atoms with Crippen molar-refractivity contribution in [2.45, 2.75) is 0 Å². The van der Waals surface area contributed by atoms with Gasteiger partial charge in [0.15, 0.2) is 23.3 Å². The second-order valence-electron chi connectivity index (χ2n) is 34.6. The first-order chi connectivity index (χ1) is 71.1. The SMILES string of the molecule is Brc1cccc2c3ccccc3n(-c3cccc(-c4cc(-c5ccccc5)nc(-c5ccccc5)n4)c3)c12.Brc1cccc2c3ccccc3n(-c3cccc(-c4cc(-c5ccccn5)nc(-c5ccccn5)c4)c3)c12.Brc1cccc2c3ccccc3n(-c3cccc(-c4nc(-c5ccccc5)nc(-c5ccccc5)n4)c3)c12.Brc1cccc2c3ccccc3n(-c3nc(-c4ccccc4)c4ccccc4n3)c12. The molecule has 0 fully saturated rings. The minimum atomic E-state index is 0.638. The Bertz CT molecular complexity index is 8670. The average molecular weight is 2110 g/mol. The second kappa shape index (κ2) is 39.4.